The average molecular weight is 200 g/mol. The minimum atomic E-state index is -0.351. The van der Waals surface area contributed by atoms with E-state index in [4.69, 9.17) is 0 Å². The highest BCUT2D eigenvalue weighted by atomic mass is 35.5. The second-order valence-corrected chi connectivity index (χ2v) is 3.27. The standard InChI is InChI=1S/C10H13NO.ClH/c1-7(12)8-2-3-10-9(6-8)4-5-11-10;/h2-3,6-7,11-12H,4-5H2,1H3;1H. The quantitative estimate of drug-likeness (QED) is 0.727. The van der Waals surface area contributed by atoms with E-state index in [-0.39, 0.29) is 18.5 Å². The second-order valence-electron chi connectivity index (χ2n) is 3.27. The van der Waals surface area contributed by atoms with E-state index in [2.05, 4.69) is 11.4 Å². The number of benzene rings is 1. The summed E-state index contributed by atoms with van der Waals surface area (Å²) in [4.78, 5) is 0. The van der Waals surface area contributed by atoms with Crippen molar-refractivity contribution in [1.82, 2.24) is 0 Å². The number of hydrogen-bond acceptors (Lipinski definition) is 2. The third kappa shape index (κ3) is 1.95. The van der Waals surface area contributed by atoms with E-state index in [0.29, 0.717) is 0 Å². The number of anilines is 1. The largest absolute Gasteiger partial charge is 0.389 e. The summed E-state index contributed by atoms with van der Waals surface area (Å²) >= 11 is 0. The minimum Gasteiger partial charge on any atom is -0.389 e. The summed E-state index contributed by atoms with van der Waals surface area (Å²) in [5.74, 6) is 0. The van der Waals surface area contributed by atoms with E-state index in [1.165, 1.54) is 11.3 Å². The lowest BCUT2D eigenvalue weighted by Crippen LogP contribution is -1.92. The molecule has 1 unspecified atom stereocenters. The van der Waals surface area contributed by atoms with Crippen LogP contribution in [0.15, 0.2) is 18.2 Å². The number of rotatable bonds is 1. The van der Waals surface area contributed by atoms with Crippen LogP contribution < -0.4 is 5.32 Å². The van der Waals surface area contributed by atoms with Gasteiger partial charge in [-0.25, -0.2) is 0 Å². The van der Waals surface area contributed by atoms with Gasteiger partial charge in [-0.2, -0.15) is 0 Å². The molecule has 1 heterocycles. The molecule has 2 N–H and O–H groups in total. The van der Waals surface area contributed by atoms with Gasteiger partial charge in [-0.1, -0.05) is 12.1 Å². The number of aliphatic hydroxyl groups is 1. The van der Waals surface area contributed by atoms with Crippen molar-refractivity contribution in [2.24, 2.45) is 0 Å². The van der Waals surface area contributed by atoms with Crippen LogP contribution in [-0.4, -0.2) is 11.7 Å². The molecule has 1 atom stereocenters. The van der Waals surface area contributed by atoms with Gasteiger partial charge in [-0.15, -0.1) is 12.4 Å². The van der Waals surface area contributed by atoms with Gasteiger partial charge in [0.15, 0.2) is 0 Å². The zero-order chi connectivity index (χ0) is 8.55. The Morgan fingerprint density at radius 2 is 2.23 bits per heavy atom. The van der Waals surface area contributed by atoms with Gasteiger partial charge in [0.2, 0.25) is 0 Å². The first-order valence-electron chi connectivity index (χ1n) is 4.32. The monoisotopic (exact) mass is 199 g/mol. The van der Waals surface area contributed by atoms with Crippen LogP contribution in [0.2, 0.25) is 0 Å². The van der Waals surface area contributed by atoms with Crippen LogP contribution >= 0.6 is 12.4 Å². The molecule has 3 heteroatoms. The molecule has 0 bridgehead atoms. The molecular weight excluding hydrogens is 186 g/mol. The minimum absolute atomic E-state index is 0. The summed E-state index contributed by atoms with van der Waals surface area (Å²) in [7, 11) is 0. The van der Waals surface area contributed by atoms with E-state index in [9.17, 15) is 5.11 Å². The summed E-state index contributed by atoms with van der Waals surface area (Å²) in [5, 5.41) is 12.6. The first-order chi connectivity index (χ1) is 5.77. The molecule has 0 saturated carbocycles. The Bertz CT molecular complexity index is 299. The Balaban J connectivity index is 0.000000845. The molecule has 2 rings (SSSR count). The molecule has 1 aromatic carbocycles. The predicted octanol–water partition coefficient (Wildman–Crippen LogP) is 2.13. The first-order valence-corrected chi connectivity index (χ1v) is 4.32. The molecule has 13 heavy (non-hydrogen) atoms. The Kier molecular flexibility index (Phi) is 3.17. The van der Waals surface area contributed by atoms with E-state index in [1.807, 2.05) is 12.1 Å². The molecule has 0 fully saturated rings. The van der Waals surface area contributed by atoms with Crippen LogP contribution in [-0.2, 0) is 6.42 Å². The third-order valence-electron chi connectivity index (χ3n) is 2.32. The van der Waals surface area contributed by atoms with Crippen molar-refractivity contribution in [2.75, 3.05) is 11.9 Å². The Morgan fingerprint density at radius 3 is 2.92 bits per heavy atom. The lowest BCUT2D eigenvalue weighted by Gasteiger charge is -2.06. The lowest BCUT2D eigenvalue weighted by atomic mass is 10.1. The van der Waals surface area contributed by atoms with E-state index >= 15 is 0 Å². The molecule has 1 aliphatic heterocycles. The Labute approximate surface area is 84.4 Å². The van der Waals surface area contributed by atoms with E-state index < -0.39 is 0 Å². The maximum atomic E-state index is 9.33. The number of aliphatic hydroxyl groups excluding tert-OH is 1. The van der Waals surface area contributed by atoms with Gasteiger partial charge in [0.05, 0.1) is 6.10 Å². The summed E-state index contributed by atoms with van der Waals surface area (Å²) in [6.07, 6.45) is 0.728. The molecule has 0 aromatic heterocycles. The van der Waals surface area contributed by atoms with Crippen molar-refractivity contribution in [2.45, 2.75) is 19.4 Å². The number of fused-ring (bicyclic) bond motifs is 1. The maximum Gasteiger partial charge on any atom is 0.0762 e. The summed E-state index contributed by atoms with van der Waals surface area (Å²) in [6.45, 7) is 2.82. The van der Waals surface area contributed by atoms with Gasteiger partial charge in [0.25, 0.3) is 0 Å². The van der Waals surface area contributed by atoms with Gasteiger partial charge in [0.1, 0.15) is 0 Å². The zero-order valence-corrected chi connectivity index (χ0v) is 8.40. The lowest BCUT2D eigenvalue weighted by molar-refractivity contribution is 0.199. The second kappa shape index (κ2) is 3.99. The molecule has 72 valence electrons. The van der Waals surface area contributed by atoms with Crippen molar-refractivity contribution >= 4 is 18.1 Å². The molecule has 0 aliphatic carbocycles. The zero-order valence-electron chi connectivity index (χ0n) is 7.58. The molecule has 2 nitrogen and oxygen atoms in total. The van der Waals surface area contributed by atoms with Crippen LogP contribution in [0.3, 0.4) is 0 Å². The fraction of sp³-hybridized carbons (Fsp3) is 0.400. The smallest absolute Gasteiger partial charge is 0.0762 e. The van der Waals surface area contributed by atoms with Gasteiger partial charge in [-0.05, 0) is 30.5 Å². The Hall–Kier alpha value is -0.730. The van der Waals surface area contributed by atoms with Crippen LogP contribution in [0.1, 0.15) is 24.2 Å². The predicted molar refractivity (Wildman–Crippen MR) is 56.5 cm³/mol. The van der Waals surface area contributed by atoms with Crippen LogP contribution in [0, 0.1) is 0 Å². The molecule has 1 aliphatic rings. The van der Waals surface area contributed by atoms with Gasteiger partial charge < -0.3 is 10.4 Å². The molecule has 1 aromatic rings. The third-order valence-corrected chi connectivity index (χ3v) is 2.32. The van der Waals surface area contributed by atoms with Gasteiger partial charge >= 0.3 is 0 Å². The topological polar surface area (TPSA) is 32.3 Å². The van der Waals surface area contributed by atoms with Crippen LogP contribution in [0.4, 0.5) is 5.69 Å². The highest BCUT2D eigenvalue weighted by Crippen LogP contribution is 2.25. The molecule has 0 radical (unpaired) electrons. The molecular formula is C10H14ClNO. The Morgan fingerprint density at radius 1 is 1.46 bits per heavy atom. The fourth-order valence-electron chi connectivity index (χ4n) is 1.58. The normalized spacial score (nSPS) is 15.5. The molecule has 0 spiro atoms. The summed E-state index contributed by atoms with van der Waals surface area (Å²) in [5.41, 5.74) is 3.56. The molecule has 0 saturated heterocycles. The average Bonchev–Trinajstić information content (AvgIpc) is 2.49. The number of nitrogens with one attached hydrogen (secondary N) is 1. The van der Waals surface area contributed by atoms with Crippen LogP contribution in [0.5, 0.6) is 0 Å². The van der Waals surface area contributed by atoms with Crippen molar-refractivity contribution in [1.29, 1.82) is 0 Å². The van der Waals surface area contributed by atoms with Gasteiger partial charge in [0, 0.05) is 12.2 Å². The van der Waals surface area contributed by atoms with Crippen molar-refractivity contribution < 1.29 is 5.11 Å². The molecule has 0 amide bonds. The highest BCUT2D eigenvalue weighted by molar-refractivity contribution is 5.85. The van der Waals surface area contributed by atoms with Crippen molar-refractivity contribution in [3.8, 4) is 0 Å². The van der Waals surface area contributed by atoms with Crippen LogP contribution in [0.25, 0.3) is 0 Å². The van der Waals surface area contributed by atoms with Crippen molar-refractivity contribution in [3.05, 3.63) is 29.3 Å². The number of halogens is 1. The summed E-state index contributed by atoms with van der Waals surface area (Å²) < 4.78 is 0. The van der Waals surface area contributed by atoms with Crippen molar-refractivity contribution in [3.63, 3.8) is 0 Å². The highest BCUT2D eigenvalue weighted by Gasteiger charge is 2.11. The van der Waals surface area contributed by atoms with Gasteiger partial charge in [-0.3, -0.25) is 0 Å². The number of hydrogen-bond donors (Lipinski definition) is 2. The van der Waals surface area contributed by atoms with E-state index in [1.54, 1.807) is 6.92 Å². The SMILES string of the molecule is CC(O)c1ccc2c(c1)CCN2.Cl. The first kappa shape index (κ1) is 10.4. The summed E-state index contributed by atoms with van der Waals surface area (Å²) in [6, 6.07) is 6.10. The van der Waals surface area contributed by atoms with E-state index in [0.717, 1.165) is 18.5 Å². The maximum absolute atomic E-state index is 9.33. The fourth-order valence-corrected chi connectivity index (χ4v) is 1.58.